The van der Waals surface area contributed by atoms with Gasteiger partial charge in [0.1, 0.15) is 6.61 Å². The highest BCUT2D eigenvalue weighted by Gasteiger charge is 2.18. The van der Waals surface area contributed by atoms with Gasteiger partial charge in [0.15, 0.2) is 5.78 Å². The standard InChI is InChI=1S/C10H16BrNO3/c1-3-5-8(9(13)7-11)12-10(14)15-6-4-2/h4,8H,2-3,5-7H2,1H3,(H,12,14)/t8-/m0/s1. The van der Waals surface area contributed by atoms with Crippen molar-refractivity contribution in [1.29, 1.82) is 0 Å². The van der Waals surface area contributed by atoms with Crippen molar-refractivity contribution in [3.63, 3.8) is 0 Å². The Labute approximate surface area is 98.2 Å². The van der Waals surface area contributed by atoms with Gasteiger partial charge in [-0.3, -0.25) is 4.79 Å². The van der Waals surface area contributed by atoms with E-state index in [-0.39, 0.29) is 17.7 Å². The van der Waals surface area contributed by atoms with Crippen LogP contribution in [0.3, 0.4) is 0 Å². The largest absolute Gasteiger partial charge is 0.445 e. The molecule has 0 saturated carbocycles. The fraction of sp³-hybridized carbons (Fsp3) is 0.600. The lowest BCUT2D eigenvalue weighted by Crippen LogP contribution is -2.41. The zero-order valence-corrected chi connectivity index (χ0v) is 10.4. The van der Waals surface area contributed by atoms with E-state index in [2.05, 4.69) is 27.8 Å². The summed E-state index contributed by atoms with van der Waals surface area (Å²) in [5, 5.41) is 2.75. The summed E-state index contributed by atoms with van der Waals surface area (Å²) in [6.07, 6.45) is 2.34. The van der Waals surface area contributed by atoms with Crippen LogP contribution in [0.1, 0.15) is 19.8 Å². The molecule has 0 heterocycles. The van der Waals surface area contributed by atoms with Crippen molar-refractivity contribution < 1.29 is 14.3 Å². The summed E-state index contributed by atoms with van der Waals surface area (Å²) >= 11 is 3.07. The highest BCUT2D eigenvalue weighted by Crippen LogP contribution is 2.01. The number of carbonyl (C=O) groups excluding carboxylic acids is 2. The van der Waals surface area contributed by atoms with Crippen LogP contribution >= 0.6 is 15.9 Å². The lowest BCUT2D eigenvalue weighted by Gasteiger charge is -2.15. The van der Waals surface area contributed by atoms with E-state index in [0.29, 0.717) is 6.42 Å². The Bertz CT molecular complexity index is 231. The topological polar surface area (TPSA) is 55.4 Å². The third-order valence-corrected chi connectivity index (χ3v) is 2.27. The third kappa shape index (κ3) is 6.28. The molecule has 0 aromatic rings. The first kappa shape index (κ1) is 14.2. The van der Waals surface area contributed by atoms with Crippen LogP contribution in [-0.4, -0.2) is 29.9 Å². The zero-order chi connectivity index (χ0) is 11.7. The minimum absolute atomic E-state index is 0.0487. The fourth-order valence-corrected chi connectivity index (χ4v) is 1.40. The highest BCUT2D eigenvalue weighted by molar-refractivity contribution is 9.09. The maximum absolute atomic E-state index is 11.4. The van der Waals surface area contributed by atoms with Crippen molar-refractivity contribution in [2.75, 3.05) is 11.9 Å². The second kappa shape index (κ2) is 8.47. The Morgan fingerprint density at radius 3 is 2.73 bits per heavy atom. The molecule has 86 valence electrons. The molecule has 0 aliphatic heterocycles. The molecule has 0 bridgehead atoms. The highest BCUT2D eigenvalue weighted by atomic mass is 79.9. The molecule has 0 saturated heterocycles. The fourth-order valence-electron chi connectivity index (χ4n) is 1.01. The second-order valence-corrected chi connectivity index (χ2v) is 3.53. The summed E-state index contributed by atoms with van der Waals surface area (Å²) in [6, 6.07) is -0.466. The molecule has 0 spiro atoms. The Balaban J connectivity index is 4.09. The van der Waals surface area contributed by atoms with E-state index >= 15 is 0 Å². The van der Waals surface area contributed by atoms with Gasteiger partial charge in [0.05, 0.1) is 11.4 Å². The van der Waals surface area contributed by atoms with Crippen LogP contribution in [0.4, 0.5) is 4.79 Å². The number of alkyl halides is 1. The summed E-state index contributed by atoms with van der Waals surface area (Å²) in [6.45, 7) is 5.52. The molecule has 1 atom stereocenters. The van der Waals surface area contributed by atoms with Gasteiger partial charge in [-0.1, -0.05) is 41.9 Å². The summed E-state index contributed by atoms with van der Waals surface area (Å²) in [5.74, 6) is -0.0487. The third-order valence-electron chi connectivity index (χ3n) is 1.72. The molecule has 0 aromatic heterocycles. The minimum Gasteiger partial charge on any atom is -0.445 e. The van der Waals surface area contributed by atoms with E-state index in [9.17, 15) is 9.59 Å². The molecule has 1 amide bonds. The molecule has 0 rings (SSSR count). The Kier molecular flexibility index (Phi) is 7.99. The molecule has 5 heteroatoms. The van der Waals surface area contributed by atoms with Crippen molar-refractivity contribution in [2.45, 2.75) is 25.8 Å². The van der Waals surface area contributed by atoms with Gasteiger partial charge in [0, 0.05) is 0 Å². The molecule has 0 fully saturated rings. The predicted molar refractivity (Wildman–Crippen MR) is 62.2 cm³/mol. The smallest absolute Gasteiger partial charge is 0.408 e. The predicted octanol–water partition coefficient (Wildman–Crippen LogP) is 2.03. The van der Waals surface area contributed by atoms with Crippen molar-refractivity contribution in [1.82, 2.24) is 5.32 Å². The van der Waals surface area contributed by atoms with Gasteiger partial charge in [0.2, 0.25) is 0 Å². The quantitative estimate of drug-likeness (QED) is 0.572. The van der Waals surface area contributed by atoms with Crippen LogP contribution in [0, 0.1) is 0 Å². The molecule has 4 nitrogen and oxygen atoms in total. The average Bonchev–Trinajstić information content (AvgIpc) is 2.24. The summed E-state index contributed by atoms with van der Waals surface area (Å²) in [4.78, 5) is 22.5. The zero-order valence-electron chi connectivity index (χ0n) is 8.79. The van der Waals surface area contributed by atoms with E-state index in [4.69, 9.17) is 4.74 Å². The van der Waals surface area contributed by atoms with E-state index in [1.165, 1.54) is 6.08 Å². The van der Waals surface area contributed by atoms with Crippen molar-refractivity contribution >= 4 is 27.8 Å². The van der Waals surface area contributed by atoms with Gasteiger partial charge in [0.25, 0.3) is 0 Å². The number of hydrogen-bond acceptors (Lipinski definition) is 3. The van der Waals surface area contributed by atoms with E-state index in [0.717, 1.165) is 6.42 Å². The molecule has 1 N–H and O–H groups in total. The molecular formula is C10H16BrNO3. The van der Waals surface area contributed by atoms with Crippen molar-refractivity contribution in [3.8, 4) is 0 Å². The van der Waals surface area contributed by atoms with E-state index in [1.807, 2.05) is 6.92 Å². The number of rotatable bonds is 7. The van der Waals surface area contributed by atoms with Gasteiger partial charge in [-0.05, 0) is 6.42 Å². The first-order valence-electron chi connectivity index (χ1n) is 4.78. The van der Waals surface area contributed by atoms with E-state index < -0.39 is 12.1 Å². The van der Waals surface area contributed by atoms with Crippen LogP contribution in [0.25, 0.3) is 0 Å². The number of carbonyl (C=O) groups is 2. The summed E-state index contributed by atoms with van der Waals surface area (Å²) in [5.41, 5.74) is 0. The van der Waals surface area contributed by atoms with Crippen LogP contribution < -0.4 is 5.32 Å². The monoisotopic (exact) mass is 277 g/mol. The van der Waals surface area contributed by atoms with Crippen LogP contribution in [-0.2, 0) is 9.53 Å². The number of ketones is 1. The first-order chi connectivity index (χ1) is 7.15. The SMILES string of the molecule is C=CCOC(=O)N[C@@H](CCC)C(=O)CBr. The number of ether oxygens (including phenoxy) is 1. The van der Waals surface area contributed by atoms with Crippen LogP contribution in [0.2, 0.25) is 0 Å². The number of amides is 1. The second-order valence-electron chi connectivity index (χ2n) is 2.97. The lowest BCUT2D eigenvalue weighted by atomic mass is 10.1. The van der Waals surface area contributed by atoms with Gasteiger partial charge in [-0.15, -0.1) is 0 Å². The molecule has 0 aliphatic carbocycles. The number of Topliss-reactive ketones (excluding diaryl/α,β-unsaturated/α-hetero) is 1. The van der Waals surface area contributed by atoms with Crippen LogP contribution in [0.15, 0.2) is 12.7 Å². The van der Waals surface area contributed by atoms with Crippen molar-refractivity contribution in [3.05, 3.63) is 12.7 Å². The lowest BCUT2D eigenvalue weighted by molar-refractivity contribution is -0.118. The van der Waals surface area contributed by atoms with Gasteiger partial charge in [-0.25, -0.2) is 4.79 Å². The number of nitrogens with one attached hydrogen (secondary N) is 1. The van der Waals surface area contributed by atoms with Crippen LogP contribution in [0.5, 0.6) is 0 Å². The normalized spacial score (nSPS) is 11.6. The number of alkyl carbamates (subject to hydrolysis) is 1. The molecule has 0 aromatic carbocycles. The summed E-state index contributed by atoms with van der Waals surface area (Å²) in [7, 11) is 0. The maximum Gasteiger partial charge on any atom is 0.408 e. The molecule has 0 aliphatic rings. The molecular weight excluding hydrogens is 262 g/mol. The van der Waals surface area contributed by atoms with Gasteiger partial charge >= 0.3 is 6.09 Å². The average molecular weight is 278 g/mol. The van der Waals surface area contributed by atoms with E-state index in [1.54, 1.807) is 0 Å². The molecule has 15 heavy (non-hydrogen) atoms. The first-order valence-corrected chi connectivity index (χ1v) is 5.90. The van der Waals surface area contributed by atoms with Crippen molar-refractivity contribution in [2.24, 2.45) is 0 Å². The Morgan fingerprint density at radius 1 is 1.60 bits per heavy atom. The Morgan fingerprint density at radius 2 is 2.27 bits per heavy atom. The minimum atomic E-state index is -0.581. The van der Waals surface area contributed by atoms with Gasteiger partial charge < -0.3 is 10.1 Å². The Hall–Kier alpha value is -0.840. The molecule has 0 unspecified atom stereocenters. The summed E-state index contributed by atoms with van der Waals surface area (Å²) < 4.78 is 4.73. The number of hydrogen-bond donors (Lipinski definition) is 1. The van der Waals surface area contributed by atoms with Gasteiger partial charge in [-0.2, -0.15) is 0 Å². The maximum atomic E-state index is 11.4. The number of halogens is 1. The molecule has 0 radical (unpaired) electrons.